The van der Waals surface area contributed by atoms with E-state index < -0.39 is 0 Å². The molecule has 0 amide bonds. The van der Waals surface area contributed by atoms with Crippen LogP contribution in [0.4, 0.5) is 5.69 Å². The van der Waals surface area contributed by atoms with Crippen LogP contribution in [0.1, 0.15) is 45.2 Å². The van der Waals surface area contributed by atoms with E-state index >= 15 is 0 Å². The van der Waals surface area contributed by atoms with Crippen LogP contribution in [0.2, 0.25) is 0 Å². The lowest BCUT2D eigenvalue weighted by Crippen LogP contribution is -2.49. The maximum absolute atomic E-state index is 3.57. The number of benzene rings is 1. The van der Waals surface area contributed by atoms with Crippen LogP contribution in [-0.2, 0) is 12.8 Å². The molecule has 1 fully saturated rings. The second-order valence-electron chi connectivity index (χ2n) is 6.13. The largest absolute Gasteiger partial charge is 0.365 e. The molecule has 1 aliphatic rings. The predicted octanol–water partition coefficient (Wildman–Crippen LogP) is 3.39. The van der Waals surface area contributed by atoms with Crippen LogP contribution in [0.25, 0.3) is 0 Å². The van der Waals surface area contributed by atoms with Gasteiger partial charge in [-0.25, -0.2) is 0 Å². The molecule has 1 saturated heterocycles. The summed E-state index contributed by atoms with van der Waals surface area (Å²) in [7, 11) is 0. The van der Waals surface area contributed by atoms with E-state index in [4.69, 9.17) is 0 Å². The predicted molar refractivity (Wildman–Crippen MR) is 84.1 cm³/mol. The first kappa shape index (κ1) is 14.4. The number of para-hydroxylation sites is 1. The molecule has 2 rings (SSSR count). The summed E-state index contributed by atoms with van der Waals surface area (Å²) in [6.07, 6.45) is 3.46. The van der Waals surface area contributed by atoms with E-state index in [2.05, 4.69) is 56.1 Å². The maximum atomic E-state index is 3.57. The topological polar surface area (TPSA) is 15.3 Å². The Morgan fingerprint density at radius 1 is 1.16 bits per heavy atom. The Balaban J connectivity index is 2.48. The first-order valence-corrected chi connectivity index (χ1v) is 7.69. The lowest BCUT2D eigenvalue weighted by Gasteiger charge is -2.41. The molecule has 1 heterocycles. The number of nitrogens with zero attached hydrogens (tertiary/aromatic N) is 1. The lowest BCUT2D eigenvalue weighted by molar-refractivity contribution is 0.460. The molecule has 0 saturated carbocycles. The van der Waals surface area contributed by atoms with Gasteiger partial charge in [0.1, 0.15) is 0 Å². The van der Waals surface area contributed by atoms with Gasteiger partial charge in [0.05, 0.1) is 0 Å². The van der Waals surface area contributed by atoms with Crippen LogP contribution in [0, 0.1) is 0 Å². The molecule has 2 nitrogen and oxygen atoms in total. The fraction of sp³-hybridized carbons (Fsp3) is 0.647. The summed E-state index contributed by atoms with van der Waals surface area (Å²) in [4.78, 5) is 2.64. The number of hydrogen-bond donors (Lipinski definition) is 1. The zero-order chi connectivity index (χ0) is 13.9. The molecular weight excluding hydrogens is 232 g/mol. The summed E-state index contributed by atoms with van der Waals surface area (Å²) in [6.45, 7) is 12.6. The van der Waals surface area contributed by atoms with E-state index in [0.29, 0.717) is 0 Å². The van der Waals surface area contributed by atoms with Gasteiger partial charge in [-0.05, 0) is 50.8 Å². The molecule has 0 spiro atoms. The van der Waals surface area contributed by atoms with Crippen molar-refractivity contribution in [1.82, 2.24) is 5.32 Å². The van der Waals surface area contributed by atoms with Crippen LogP contribution < -0.4 is 10.2 Å². The van der Waals surface area contributed by atoms with Crippen molar-refractivity contribution in [3.63, 3.8) is 0 Å². The first-order valence-electron chi connectivity index (χ1n) is 7.69. The third-order valence-electron chi connectivity index (χ3n) is 4.26. The minimum atomic E-state index is 0.186. The molecule has 19 heavy (non-hydrogen) atoms. The Kier molecular flexibility index (Phi) is 4.51. The van der Waals surface area contributed by atoms with Gasteiger partial charge in [-0.1, -0.05) is 32.0 Å². The Morgan fingerprint density at radius 3 is 2.37 bits per heavy atom. The van der Waals surface area contributed by atoms with Crippen molar-refractivity contribution in [2.45, 2.75) is 52.5 Å². The zero-order valence-corrected chi connectivity index (χ0v) is 12.9. The molecule has 1 aliphatic heterocycles. The van der Waals surface area contributed by atoms with Gasteiger partial charge in [0.2, 0.25) is 0 Å². The smallest absolute Gasteiger partial charge is 0.0470 e. The van der Waals surface area contributed by atoms with Crippen LogP contribution in [0.3, 0.4) is 0 Å². The number of anilines is 1. The summed E-state index contributed by atoms with van der Waals surface area (Å²) in [6, 6.07) is 6.80. The molecule has 0 aromatic heterocycles. The van der Waals surface area contributed by atoms with Crippen molar-refractivity contribution in [2.24, 2.45) is 0 Å². The average Bonchev–Trinajstić information content (AvgIpc) is 2.58. The van der Waals surface area contributed by atoms with Gasteiger partial charge < -0.3 is 10.2 Å². The number of hydrogen-bond acceptors (Lipinski definition) is 2. The van der Waals surface area contributed by atoms with Crippen molar-refractivity contribution < 1.29 is 0 Å². The van der Waals surface area contributed by atoms with E-state index in [1.807, 2.05) is 0 Å². The SMILES string of the molecule is CCc1cccc(CC)c1N1CCCNCC1(C)C. The van der Waals surface area contributed by atoms with Crippen molar-refractivity contribution in [3.8, 4) is 0 Å². The Labute approximate surface area is 118 Å². The van der Waals surface area contributed by atoms with E-state index in [1.54, 1.807) is 0 Å². The molecule has 0 radical (unpaired) electrons. The van der Waals surface area contributed by atoms with Crippen LogP contribution in [0.5, 0.6) is 0 Å². The third kappa shape index (κ3) is 2.94. The van der Waals surface area contributed by atoms with Gasteiger partial charge in [0, 0.05) is 24.3 Å². The lowest BCUT2D eigenvalue weighted by atomic mass is 9.96. The van der Waals surface area contributed by atoms with Crippen LogP contribution >= 0.6 is 0 Å². The molecule has 106 valence electrons. The highest BCUT2D eigenvalue weighted by Crippen LogP contribution is 2.33. The summed E-state index contributed by atoms with van der Waals surface area (Å²) < 4.78 is 0. The monoisotopic (exact) mass is 260 g/mol. The maximum Gasteiger partial charge on any atom is 0.0470 e. The zero-order valence-electron chi connectivity index (χ0n) is 12.9. The first-order chi connectivity index (χ1) is 9.10. The number of rotatable bonds is 3. The summed E-state index contributed by atoms with van der Waals surface area (Å²) in [5.74, 6) is 0. The fourth-order valence-electron chi connectivity index (χ4n) is 3.13. The van der Waals surface area contributed by atoms with Crippen LogP contribution in [0.15, 0.2) is 18.2 Å². The highest BCUT2D eigenvalue weighted by Gasteiger charge is 2.30. The molecule has 0 aliphatic carbocycles. The molecule has 0 atom stereocenters. The second kappa shape index (κ2) is 5.96. The standard InChI is InChI=1S/C17H28N2/c1-5-14-9-7-10-15(6-2)16(14)19-12-8-11-18-13-17(19,3)4/h7,9-10,18H,5-6,8,11-13H2,1-4H3. The number of aryl methyl sites for hydroxylation is 2. The molecule has 1 aromatic rings. The molecule has 0 bridgehead atoms. The highest BCUT2D eigenvalue weighted by atomic mass is 15.2. The minimum absolute atomic E-state index is 0.186. The van der Waals surface area contributed by atoms with Crippen LogP contribution in [-0.4, -0.2) is 25.2 Å². The van der Waals surface area contributed by atoms with Crippen molar-refractivity contribution in [3.05, 3.63) is 29.3 Å². The normalized spacial score (nSPS) is 19.3. The van der Waals surface area contributed by atoms with Gasteiger partial charge in [0.25, 0.3) is 0 Å². The fourth-order valence-corrected chi connectivity index (χ4v) is 3.13. The number of nitrogens with one attached hydrogen (secondary N) is 1. The third-order valence-corrected chi connectivity index (χ3v) is 4.26. The quantitative estimate of drug-likeness (QED) is 0.896. The molecule has 1 aromatic carbocycles. The summed E-state index contributed by atoms with van der Waals surface area (Å²) in [5, 5.41) is 3.57. The van der Waals surface area contributed by atoms with Crippen molar-refractivity contribution >= 4 is 5.69 Å². The molecular formula is C17H28N2. The van der Waals surface area contributed by atoms with E-state index in [0.717, 1.165) is 32.5 Å². The molecule has 1 N–H and O–H groups in total. The molecule has 2 heteroatoms. The van der Waals surface area contributed by atoms with Gasteiger partial charge in [-0.15, -0.1) is 0 Å². The van der Waals surface area contributed by atoms with E-state index in [9.17, 15) is 0 Å². The Morgan fingerprint density at radius 2 is 1.79 bits per heavy atom. The van der Waals surface area contributed by atoms with Crippen molar-refractivity contribution in [1.29, 1.82) is 0 Å². The van der Waals surface area contributed by atoms with E-state index in [-0.39, 0.29) is 5.54 Å². The summed E-state index contributed by atoms with van der Waals surface area (Å²) in [5.41, 5.74) is 4.68. The summed E-state index contributed by atoms with van der Waals surface area (Å²) >= 11 is 0. The van der Waals surface area contributed by atoms with Gasteiger partial charge >= 0.3 is 0 Å². The van der Waals surface area contributed by atoms with E-state index in [1.165, 1.54) is 23.2 Å². The minimum Gasteiger partial charge on any atom is -0.365 e. The Bertz CT molecular complexity index is 401. The average molecular weight is 260 g/mol. The van der Waals surface area contributed by atoms with Crippen molar-refractivity contribution in [2.75, 3.05) is 24.5 Å². The van der Waals surface area contributed by atoms with Gasteiger partial charge in [-0.2, -0.15) is 0 Å². The Hall–Kier alpha value is -1.02. The molecule has 0 unspecified atom stereocenters. The second-order valence-corrected chi connectivity index (χ2v) is 6.13. The van der Waals surface area contributed by atoms with Gasteiger partial charge in [0.15, 0.2) is 0 Å². The highest BCUT2D eigenvalue weighted by molar-refractivity contribution is 5.61. The van der Waals surface area contributed by atoms with Gasteiger partial charge in [-0.3, -0.25) is 0 Å².